The molecule has 0 aliphatic heterocycles. The molecule has 21 heavy (non-hydrogen) atoms. The monoisotopic (exact) mass is 310 g/mol. The van der Waals surface area contributed by atoms with Gasteiger partial charge in [0, 0.05) is 11.4 Å². The normalized spacial score (nSPS) is 12.0. The molecule has 0 heterocycles. The summed E-state index contributed by atoms with van der Waals surface area (Å²) >= 11 is 5.72. The Labute approximate surface area is 127 Å². The Bertz CT molecular complexity index is 609. The van der Waals surface area contributed by atoms with Crippen molar-refractivity contribution in [2.24, 2.45) is 0 Å². The van der Waals surface area contributed by atoms with Crippen LogP contribution in [0, 0.1) is 5.82 Å². The van der Waals surface area contributed by atoms with Crippen LogP contribution < -0.4 is 9.47 Å². The molecule has 112 valence electrons. The summed E-state index contributed by atoms with van der Waals surface area (Å²) in [5.74, 6) is 0.544. The van der Waals surface area contributed by atoms with E-state index in [-0.39, 0.29) is 6.42 Å². The minimum absolute atomic E-state index is 0.0970. The van der Waals surface area contributed by atoms with Crippen LogP contribution in [0.2, 0.25) is 5.02 Å². The van der Waals surface area contributed by atoms with Gasteiger partial charge in [-0.25, -0.2) is 4.39 Å². The lowest BCUT2D eigenvalue weighted by molar-refractivity contribution is 0.168. The summed E-state index contributed by atoms with van der Waals surface area (Å²) in [5.41, 5.74) is 0.872. The van der Waals surface area contributed by atoms with Crippen molar-refractivity contribution in [3.63, 3.8) is 0 Å². The summed E-state index contributed by atoms with van der Waals surface area (Å²) in [6.45, 7) is 0. The van der Waals surface area contributed by atoms with Gasteiger partial charge in [0.25, 0.3) is 0 Å². The van der Waals surface area contributed by atoms with Gasteiger partial charge >= 0.3 is 0 Å². The topological polar surface area (TPSA) is 38.7 Å². The predicted octanol–water partition coefficient (Wildman–Crippen LogP) is 3.77. The second-order valence-electron chi connectivity index (χ2n) is 4.53. The number of rotatable bonds is 5. The fourth-order valence-corrected chi connectivity index (χ4v) is 2.36. The average molecular weight is 311 g/mol. The number of hydrogen-bond acceptors (Lipinski definition) is 3. The van der Waals surface area contributed by atoms with Gasteiger partial charge in [-0.2, -0.15) is 0 Å². The molecular formula is C16H16ClFO3. The zero-order chi connectivity index (χ0) is 15.4. The molecule has 5 heteroatoms. The molecular weight excluding hydrogens is 295 g/mol. The summed E-state index contributed by atoms with van der Waals surface area (Å²) in [6, 6.07) is 9.58. The third-order valence-electron chi connectivity index (χ3n) is 3.23. The first-order valence-electron chi connectivity index (χ1n) is 6.39. The number of methoxy groups -OCH3 is 2. The van der Waals surface area contributed by atoms with Crippen LogP contribution in [-0.4, -0.2) is 19.3 Å². The van der Waals surface area contributed by atoms with Crippen LogP contribution in [0.15, 0.2) is 36.4 Å². The van der Waals surface area contributed by atoms with Crippen LogP contribution >= 0.6 is 11.6 Å². The fraction of sp³-hybridized carbons (Fsp3) is 0.250. The van der Waals surface area contributed by atoms with Crippen LogP contribution in [0.1, 0.15) is 17.2 Å². The van der Waals surface area contributed by atoms with Crippen LogP contribution in [0.4, 0.5) is 4.39 Å². The third kappa shape index (κ3) is 3.46. The van der Waals surface area contributed by atoms with Crippen molar-refractivity contribution in [3.05, 3.63) is 58.4 Å². The van der Waals surface area contributed by atoms with E-state index >= 15 is 0 Å². The molecule has 0 aliphatic rings. The van der Waals surface area contributed by atoms with Crippen LogP contribution in [-0.2, 0) is 6.42 Å². The zero-order valence-electron chi connectivity index (χ0n) is 11.8. The van der Waals surface area contributed by atoms with E-state index in [1.165, 1.54) is 20.3 Å². The minimum atomic E-state index is -0.952. The first-order chi connectivity index (χ1) is 10.1. The zero-order valence-corrected chi connectivity index (χ0v) is 12.5. The van der Waals surface area contributed by atoms with E-state index in [0.29, 0.717) is 27.6 Å². The molecule has 0 saturated carbocycles. The second-order valence-corrected chi connectivity index (χ2v) is 4.97. The maximum Gasteiger partial charge on any atom is 0.128 e. The Hall–Kier alpha value is -1.78. The van der Waals surface area contributed by atoms with Crippen molar-refractivity contribution in [3.8, 4) is 11.5 Å². The van der Waals surface area contributed by atoms with Gasteiger partial charge in [0.1, 0.15) is 17.3 Å². The quantitative estimate of drug-likeness (QED) is 0.913. The highest BCUT2D eigenvalue weighted by atomic mass is 35.5. The summed E-state index contributed by atoms with van der Waals surface area (Å²) in [6.07, 6.45) is -0.855. The summed E-state index contributed by atoms with van der Waals surface area (Å²) < 4.78 is 24.3. The van der Waals surface area contributed by atoms with Crippen LogP contribution in [0.3, 0.4) is 0 Å². The predicted molar refractivity (Wildman–Crippen MR) is 79.6 cm³/mol. The highest BCUT2D eigenvalue weighted by molar-refractivity contribution is 6.30. The first kappa shape index (κ1) is 15.6. The average Bonchev–Trinajstić information content (AvgIpc) is 2.49. The molecule has 2 rings (SSSR count). The van der Waals surface area contributed by atoms with Gasteiger partial charge in [0.05, 0.1) is 25.9 Å². The molecule has 1 N–H and O–H groups in total. The lowest BCUT2D eigenvalue weighted by Gasteiger charge is -2.18. The standard InChI is InChI=1S/C16H16ClFO3/c1-20-14-4-3-5-15(21-2)16(14)13(19)8-10-6-7-11(17)9-12(10)18/h3-7,9,13,19H,8H2,1-2H3. The van der Waals surface area contributed by atoms with Gasteiger partial charge in [-0.05, 0) is 29.8 Å². The van der Waals surface area contributed by atoms with Crippen LogP contribution in [0.25, 0.3) is 0 Å². The molecule has 0 aliphatic carbocycles. The molecule has 0 fully saturated rings. The van der Waals surface area contributed by atoms with Crippen molar-refractivity contribution in [2.45, 2.75) is 12.5 Å². The Morgan fingerprint density at radius 2 is 1.76 bits per heavy atom. The van der Waals surface area contributed by atoms with Crippen molar-refractivity contribution < 1.29 is 19.0 Å². The largest absolute Gasteiger partial charge is 0.496 e. The number of benzene rings is 2. The third-order valence-corrected chi connectivity index (χ3v) is 3.46. The molecule has 0 aromatic heterocycles. The lowest BCUT2D eigenvalue weighted by atomic mass is 9.99. The number of hydrogen-bond donors (Lipinski definition) is 1. The van der Waals surface area contributed by atoms with Crippen molar-refractivity contribution in [2.75, 3.05) is 14.2 Å². The maximum atomic E-state index is 13.8. The van der Waals surface area contributed by atoms with Gasteiger partial charge in [-0.15, -0.1) is 0 Å². The molecule has 0 spiro atoms. The minimum Gasteiger partial charge on any atom is -0.496 e. The molecule has 0 bridgehead atoms. The Kier molecular flexibility index (Phi) is 5.04. The lowest BCUT2D eigenvalue weighted by Crippen LogP contribution is -2.07. The Balaban J connectivity index is 2.33. The van der Waals surface area contributed by atoms with E-state index in [4.69, 9.17) is 21.1 Å². The number of aliphatic hydroxyl groups excluding tert-OH is 1. The van der Waals surface area contributed by atoms with Crippen molar-refractivity contribution in [1.82, 2.24) is 0 Å². The smallest absolute Gasteiger partial charge is 0.128 e. The van der Waals surface area contributed by atoms with E-state index in [9.17, 15) is 9.50 Å². The molecule has 0 radical (unpaired) electrons. The summed E-state index contributed by atoms with van der Waals surface area (Å²) in [5, 5.41) is 10.8. The molecule has 3 nitrogen and oxygen atoms in total. The van der Waals surface area contributed by atoms with Gasteiger partial charge < -0.3 is 14.6 Å². The molecule has 0 amide bonds. The van der Waals surface area contributed by atoms with E-state index < -0.39 is 11.9 Å². The number of aliphatic hydroxyl groups is 1. The van der Waals surface area contributed by atoms with Gasteiger partial charge in [0.15, 0.2) is 0 Å². The molecule has 2 aromatic rings. The highest BCUT2D eigenvalue weighted by Gasteiger charge is 2.20. The molecule has 2 aromatic carbocycles. The summed E-state index contributed by atoms with van der Waals surface area (Å²) in [4.78, 5) is 0. The molecule has 1 unspecified atom stereocenters. The Morgan fingerprint density at radius 1 is 1.14 bits per heavy atom. The first-order valence-corrected chi connectivity index (χ1v) is 6.77. The number of ether oxygens (including phenoxy) is 2. The highest BCUT2D eigenvalue weighted by Crippen LogP contribution is 2.35. The van der Waals surface area contributed by atoms with Crippen molar-refractivity contribution in [1.29, 1.82) is 0 Å². The van der Waals surface area contributed by atoms with E-state index in [2.05, 4.69) is 0 Å². The number of halogens is 2. The van der Waals surface area contributed by atoms with Crippen molar-refractivity contribution >= 4 is 11.6 Å². The van der Waals surface area contributed by atoms with Crippen LogP contribution in [0.5, 0.6) is 11.5 Å². The van der Waals surface area contributed by atoms with E-state index in [1.54, 1.807) is 30.3 Å². The van der Waals surface area contributed by atoms with E-state index in [1.807, 2.05) is 0 Å². The summed E-state index contributed by atoms with van der Waals surface area (Å²) in [7, 11) is 3.02. The maximum absolute atomic E-state index is 13.8. The van der Waals surface area contributed by atoms with Gasteiger partial charge in [-0.3, -0.25) is 0 Å². The van der Waals surface area contributed by atoms with E-state index in [0.717, 1.165) is 0 Å². The molecule has 0 saturated heterocycles. The second kappa shape index (κ2) is 6.78. The van der Waals surface area contributed by atoms with Gasteiger partial charge in [-0.1, -0.05) is 23.7 Å². The fourth-order valence-electron chi connectivity index (χ4n) is 2.21. The SMILES string of the molecule is COc1cccc(OC)c1C(O)Cc1ccc(Cl)cc1F. The Morgan fingerprint density at radius 3 is 2.29 bits per heavy atom. The van der Waals surface area contributed by atoms with Gasteiger partial charge in [0.2, 0.25) is 0 Å². The molecule has 1 atom stereocenters.